The summed E-state index contributed by atoms with van der Waals surface area (Å²) in [5.74, 6) is 0.151. The third-order valence-electron chi connectivity index (χ3n) is 4.06. The number of imide groups is 1. The zero-order valence-corrected chi connectivity index (χ0v) is 10.9. The molecule has 1 aromatic rings. The molecule has 0 atom stereocenters. The zero-order chi connectivity index (χ0) is 13.2. The maximum absolute atomic E-state index is 11.6. The molecular formula is C15H18N2O2. The molecule has 0 saturated heterocycles. The zero-order valence-electron chi connectivity index (χ0n) is 10.9. The monoisotopic (exact) mass is 258 g/mol. The Morgan fingerprint density at radius 1 is 1.05 bits per heavy atom. The lowest BCUT2D eigenvalue weighted by atomic mass is 9.89. The number of benzene rings is 1. The highest BCUT2D eigenvalue weighted by Crippen LogP contribution is 2.25. The molecule has 1 fully saturated rings. The number of nitrogens with one attached hydrogen (secondary N) is 2. The highest BCUT2D eigenvalue weighted by molar-refractivity contribution is 6.21. The van der Waals surface area contributed by atoms with Crippen LogP contribution in [-0.4, -0.2) is 18.4 Å². The van der Waals surface area contributed by atoms with E-state index in [4.69, 9.17) is 0 Å². The largest absolute Gasteiger partial charge is 0.385 e. The molecule has 19 heavy (non-hydrogen) atoms. The summed E-state index contributed by atoms with van der Waals surface area (Å²) < 4.78 is 0. The average Bonchev–Trinajstić information content (AvgIpc) is 2.73. The molecule has 1 saturated carbocycles. The predicted molar refractivity (Wildman–Crippen MR) is 73.3 cm³/mol. The molecule has 0 spiro atoms. The summed E-state index contributed by atoms with van der Waals surface area (Å²) in [6, 6.07) is 5.37. The van der Waals surface area contributed by atoms with Crippen molar-refractivity contribution in [3.8, 4) is 0 Å². The standard InChI is InChI=1S/C15H18N2O2/c18-14-12-7-6-11(8-13(12)15(19)17-14)16-9-10-4-2-1-3-5-10/h6-8,10,16H,1-5,9H2,(H,17,18,19). The van der Waals surface area contributed by atoms with Gasteiger partial charge >= 0.3 is 0 Å². The summed E-state index contributed by atoms with van der Waals surface area (Å²) in [6.07, 6.45) is 6.59. The van der Waals surface area contributed by atoms with Gasteiger partial charge in [-0.15, -0.1) is 0 Å². The second-order valence-electron chi connectivity index (χ2n) is 5.43. The van der Waals surface area contributed by atoms with Crippen molar-refractivity contribution in [1.29, 1.82) is 0 Å². The van der Waals surface area contributed by atoms with Crippen LogP contribution >= 0.6 is 0 Å². The molecule has 4 heteroatoms. The van der Waals surface area contributed by atoms with Gasteiger partial charge in [-0.3, -0.25) is 14.9 Å². The number of amides is 2. The first kappa shape index (κ1) is 12.2. The summed E-state index contributed by atoms with van der Waals surface area (Å²) in [5, 5.41) is 5.70. The molecule has 0 radical (unpaired) electrons. The van der Waals surface area contributed by atoms with E-state index >= 15 is 0 Å². The van der Waals surface area contributed by atoms with Crippen LogP contribution in [0.25, 0.3) is 0 Å². The maximum Gasteiger partial charge on any atom is 0.259 e. The van der Waals surface area contributed by atoms with Gasteiger partial charge < -0.3 is 5.32 Å². The van der Waals surface area contributed by atoms with E-state index in [1.54, 1.807) is 12.1 Å². The second-order valence-corrected chi connectivity index (χ2v) is 5.43. The number of rotatable bonds is 3. The van der Waals surface area contributed by atoms with Crippen molar-refractivity contribution in [3.05, 3.63) is 29.3 Å². The molecule has 1 aliphatic heterocycles. The van der Waals surface area contributed by atoms with Gasteiger partial charge in [-0.2, -0.15) is 0 Å². The fourth-order valence-electron chi connectivity index (χ4n) is 2.93. The Bertz CT molecular complexity index is 519. The molecule has 4 nitrogen and oxygen atoms in total. The van der Waals surface area contributed by atoms with E-state index < -0.39 is 0 Å². The third-order valence-corrected chi connectivity index (χ3v) is 4.06. The van der Waals surface area contributed by atoms with Gasteiger partial charge in [0, 0.05) is 12.2 Å². The number of carbonyl (C=O) groups excluding carboxylic acids is 2. The van der Waals surface area contributed by atoms with Crippen LogP contribution in [0.15, 0.2) is 18.2 Å². The fourth-order valence-corrected chi connectivity index (χ4v) is 2.93. The second kappa shape index (κ2) is 5.03. The van der Waals surface area contributed by atoms with Gasteiger partial charge in [0.05, 0.1) is 11.1 Å². The lowest BCUT2D eigenvalue weighted by Gasteiger charge is -2.22. The Kier molecular flexibility index (Phi) is 3.23. The summed E-state index contributed by atoms with van der Waals surface area (Å²) in [5.41, 5.74) is 1.89. The normalized spacial score (nSPS) is 19.2. The Labute approximate surface area is 112 Å². The van der Waals surface area contributed by atoms with E-state index in [0.717, 1.165) is 18.2 Å². The lowest BCUT2D eigenvalue weighted by Crippen LogP contribution is -2.19. The van der Waals surface area contributed by atoms with Crippen molar-refractivity contribution < 1.29 is 9.59 Å². The van der Waals surface area contributed by atoms with Crippen molar-refractivity contribution in [2.24, 2.45) is 5.92 Å². The average molecular weight is 258 g/mol. The van der Waals surface area contributed by atoms with Crippen LogP contribution in [0.1, 0.15) is 52.8 Å². The Hall–Kier alpha value is -1.84. The Balaban J connectivity index is 1.67. The molecule has 1 aliphatic carbocycles. The van der Waals surface area contributed by atoms with Gasteiger partial charge in [-0.25, -0.2) is 0 Å². The molecule has 2 N–H and O–H groups in total. The van der Waals surface area contributed by atoms with Crippen molar-refractivity contribution in [2.75, 3.05) is 11.9 Å². The van der Waals surface area contributed by atoms with E-state index in [0.29, 0.717) is 11.1 Å². The molecule has 0 unspecified atom stereocenters. The van der Waals surface area contributed by atoms with Crippen molar-refractivity contribution in [1.82, 2.24) is 5.32 Å². The van der Waals surface area contributed by atoms with Crippen LogP contribution < -0.4 is 10.6 Å². The van der Waals surface area contributed by atoms with E-state index in [2.05, 4.69) is 10.6 Å². The first-order valence-electron chi connectivity index (χ1n) is 6.97. The summed E-state index contributed by atoms with van der Waals surface area (Å²) in [7, 11) is 0. The lowest BCUT2D eigenvalue weighted by molar-refractivity contribution is 0.0879. The Morgan fingerprint density at radius 3 is 2.58 bits per heavy atom. The topological polar surface area (TPSA) is 58.2 Å². The van der Waals surface area contributed by atoms with Gasteiger partial charge in [-0.1, -0.05) is 19.3 Å². The molecule has 2 aliphatic rings. The summed E-state index contributed by atoms with van der Waals surface area (Å²) in [4.78, 5) is 23.0. The number of anilines is 1. The van der Waals surface area contributed by atoms with Crippen LogP contribution in [0.4, 0.5) is 5.69 Å². The smallest absolute Gasteiger partial charge is 0.259 e. The van der Waals surface area contributed by atoms with Crippen LogP contribution in [0, 0.1) is 5.92 Å². The third kappa shape index (κ3) is 2.48. The number of hydrogen-bond donors (Lipinski definition) is 2. The molecular weight excluding hydrogens is 240 g/mol. The molecule has 1 heterocycles. The number of fused-ring (bicyclic) bond motifs is 1. The van der Waals surface area contributed by atoms with Gasteiger partial charge in [-0.05, 0) is 37.0 Å². The SMILES string of the molecule is O=C1NC(=O)c2cc(NCC3CCCCC3)ccc21. The van der Waals surface area contributed by atoms with Crippen LogP contribution in [0.5, 0.6) is 0 Å². The minimum atomic E-state index is -0.293. The van der Waals surface area contributed by atoms with Crippen molar-refractivity contribution in [3.63, 3.8) is 0 Å². The van der Waals surface area contributed by atoms with Crippen molar-refractivity contribution in [2.45, 2.75) is 32.1 Å². The highest BCUT2D eigenvalue weighted by atomic mass is 16.2. The first-order chi connectivity index (χ1) is 9.24. The first-order valence-corrected chi connectivity index (χ1v) is 6.97. The minimum Gasteiger partial charge on any atom is -0.385 e. The predicted octanol–water partition coefficient (Wildman–Crippen LogP) is 2.56. The van der Waals surface area contributed by atoms with E-state index in [1.807, 2.05) is 6.07 Å². The van der Waals surface area contributed by atoms with Gasteiger partial charge in [0.15, 0.2) is 0 Å². The molecule has 0 bridgehead atoms. The van der Waals surface area contributed by atoms with E-state index in [1.165, 1.54) is 32.1 Å². The quantitative estimate of drug-likeness (QED) is 0.819. The molecule has 1 aromatic carbocycles. The number of hydrogen-bond acceptors (Lipinski definition) is 3. The minimum absolute atomic E-state index is 0.290. The van der Waals surface area contributed by atoms with Crippen LogP contribution in [0.3, 0.4) is 0 Å². The Morgan fingerprint density at radius 2 is 1.79 bits per heavy atom. The maximum atomic E-state index is 11.6. The van der Waals surface area contributed by atoms with E-state index in [9.17, 15) is 9.59 Å². The van der Waals surface area contributed by atoms with Gasteiger partial charge in [0.1, 0.15) is 0 Å². The van der Waals surface area contributed by atoms with Crippen LogP contribution in [-0.2, 0) is 0 Å². The fraction of sp³-hybridized carbons (Fsp3) is 0.467. The van der Waals surface area contributed by atoms with E-state index in [-0.39, 0.29) is 11.8 Å². The van der Waals surface area contributed by atoms with Crippen LogP contribution in [0.2, 0.25) is 0 Å². The summed E-state index contributed by atoms with van der Waals surface area (Å²) >= 11 is 0. The summed E-state index contributed by atoms with van der Waals surface area (Å²) in [6.45, 7) is 0.953. The molecule has 3 rings (SSSR count). The molecule has 100 valence electrons. The van der Waals surface area contributed by atoms with Crippen molar-refractivity contribution >= 4 is 17.5 Å². The van der Waals surface area contributed by atoms with Gasteiger partial charge in [0.25, 0.3) is 11.8 Å². The highest BCUT2D eigenvalue weighted by Gasteiger charge is 2.26. The molecule has 0 aromatic heterocycles. The molecule has 2 amide bonds. The number of carbonyl (C=O) groups is 2. The van der Waals surface area contributed by atoms with Gasteiger partial charge in [0.2, 0.25) is 0 Å².